The van der Waals surface area contributed by atoms with Crippen LogP contribution in [0.25, 0.3) is 0 Å². The van der Waals surface area contributed by atoms with Crippen molar-refractivity contribution in [3.63, 3.8) is 0 Å². The second kappa shape index (κ2) is 4.84. The number of thioether (sulfide) groups is 1. The van der Waals surface area contributed by atoms with E-state index in [0.29, 0.717) is 0 Å². The van der Waals surface area contributed by atoms with Gasteiger partial charge in [-0.25, -0.2) is 0 Å². The summed E-state index contributed by atoms with van der Waals surface area (Å²) in [6, 6.07) is 12.0. The van der Waals surface area contributed by atoms with Gasteiger partial charge in [0.25, 0.3) is 0 Å². The first-order valence-electron chi connectivity index (χ1n) is 4.66. The van der Waals surface area contributed by atoms with E-state index in [2.05, 4.69) is 0 Å². The van der Waals surface area contributed by atoms with E-state index in [-0.39, 0.29) is 0 Å². The van der Waals surface area contributed by atoms with Gasteiger partial charge in [-0.15, -0.1) is 23.1 Å². The molecule has 0 aliphatic carbocycles. The zero-order chi connectivity index (χ0) is 10.7. The van der Waals surface area contributed by atoms with E-state index in [1.54, 1.807) is 23.1 Å². The highest BCUT2D eigenvalue weighted by Crippen LogP contribution is 2.27. The molecule has 0 fully saturated rings. The SMILES string of the molecule is CSc1ccc([C@@H](O)c2cccs2)cc1. The predicted octanol–water partition coefficient (Wildman–Crippen LogP) is 3.55. The molecule has 2 rings (SSSR count). The van der Waals surface area contributed by atoms with Gasteiger partial charge in [0, 0.05) is 9.77 Å². The van der Waals surface area contributed by atoms with Crippen molar-refractivity contribution in [2.75, 3.05) is 6.26 Å². The lowest BCUT2D eigenvalue weighted by Crippen LogP contribution is -1.96. The molecule has 15 heavy (non-hydrogen) atoms. The first-order valence-corrected chi connectivity index (χ1v) is 6.77. The van der Waals surface area contributed by atoms with Crippen LogP contribution in [0.1, 0.15) is 16.5 Å². The van der Waals surface area contributed by atoms with Crippen LogP contribution in [-0.4, -0.2) is 11.4 Å². The lowest BCUT2D eigenvalue weighted by atomic mass is 10.1. The third-order valence-corrected chi connectivity index (χ3v) is 3.91. The summed E-state index contributed by atoms with van der Waals surface area (Å²) in [4.78, 5) is 2.21. The smallest absolute Gasteiger partial charge is 0.113 e. The largest absolute Gasteiger partial charge is 0.383 e. The maximum Gasteiger partial charge on any atom is 0.113 e. The Morgan fingerprint density at radius 2 is 1.93 bits per heavy atom. The Morgan fingerprint density at radius 3 is 2.47 bits per heavy atom. The fraction of sp³-hybridized carbons (Fsp3) is 0.167. The molecular formula is C12H12OS2. The standard InChI is InChI=1S/C12H12OS2/c1-14-10-6-4-9(5-7-10)12(13)11-3-2-8-15-11/h2-8,12-13H,1H3/t12-/m1/s1. The van der Waals surface area contributed by atoms with Gasteiger partial charge < -0.3 is 5.11 Å². The molecule has 1 nitrogen and oxygen atoms in total. The molecule has 0 radical (unpaired) electrons. The van der Waals surface area contributed by atoms with E-state index in [0.717, 1.165) is 10.4 Å². The van der Waals surface area contributed by atoms with E-state index in [1.165, 1.54) is 4.90 Å². The zero-order valence-corrected chi connectivity index (χ0v) is 10.0. The van der Waals surface area contributed by atoms with Crippen LogP contribution in [0.3, 0.4) is 0 Å². The van der Waals surface area contributed by atoms with Crippen molar-refractivity contribution in [1.82, 2.24) is 0 Å². The number of aliphatic hydroxyl groups excluding tert-OH is 1. The lowest BCUT2D eigenvalue weighted by Gasteiger charge is -2.09. The Morgan fingerprint density at radius 1 is 1.20 bits per heavy atom. The van der Waals surface area contributed by atoms with Gasteiger partial charge in [-0.05, 0) is 35.4 Å². The molecule has 0 saturated carbocycles. The van der Waals surface area contributed by atoms with Crippen LogP contribution in [0.15, 0.2) is 46.7 Å². The van der Waals surface area contributed by atoms with Crippen LogP contribution in [0.4, 0.5) is 0 Å². The molecule has 0 aliphatic rings. The van der Waals surface area contributed by atoms with Gasteiger partial charge in [-0.2, -0.15) is 0 Å². The average molecular weight is 236 g/mol. The highest BCUT2D eigenvalue weighted by Gasteiger charge is 2.10. The predicted molar refractivity (Wildman–Crippen MR) is 66.6 cm³/mol. The molecule has 0 bridgehead atoms. The third-order valence-electron chi connectivity index (χ3n) is 2.24. The highest BCUT2D eigenvalue weighted by atomic mass is 32.2. The summed E-state index contributed by atoms with van der Waals surface area (Å²) in [6.45, 7) is 0. The monoisotopic (exact) mass is 236 g/mol. The number of rotatable bonds is 3. The van der Waals surface area contributed by atoms with E-state index in [1.807, 2.05) is 48.0 Å². The maximum absolute atomic E-state index is 10.0. The quantitative estimate of drug-likeness (QED) is 0.822. The fourth-order valence-corrected chi connectivity index (χ4v) is 2.54. The second-order valence-corrected chi connectivity index (χ2v) is 5.05. The molecule has 1 aromatic carbocycles. The summed E-state index contributed by atoms with van der Waals surface area (Å²) in [5, 5.41) is 12.0. The summed E-state index contributed by atoms with van der Waals surface area (Å²) >= 11 is 3.29. The molecule has 0 unspecified atom stereocenters. The second-order valence-electron chi connectivity index (χ2n) is 3.19. The Balaban J connectivity index is 2.22. The number of benzene rings is 1. The summed E-state index contributed by atoms with van der Waals surface area (Å²) in [6.07, 6.45) is 1.56. The van der Waals surface area contributed by atoms with Crippen LogP contribution in [0.5, 0.6) is 0 Å². The van der Waals surface area contributed by atoms with Crippen molar-refractivity contribution in [3.8, 4) is 0 Å². The zero-order valence-electron chi connectivity index (χ0n) is 8.38. The molecule has 78 valence electrons. The molecule has 1 aromatic heterocycles. The van der Waals surface area contributed by atoms with Gasteiger partial charge in [-0.1, -0.05) is 18.2 Å². The summed E-state index contributed by atoms with van der Waals surface area (Å²) in [5.74, 6) is 0. The molecule has 3 heteroatoms. The van der Waals surface area contributed by atoms with Crippen molar-refractivity contribution in [1.29, 1.82) is 0 Å². The van der Waals surface area contributed by atoms with E-state index < -0.39 is 6.10 Å². The summed E-state index contributed by atoms with van der Waals surface area (Å²) in [7, 11) is 0. The minimum absolute atomic E-state index is 0.485. The van der Waals surface area contributed by atoms with Crippen molar-refractivity contribution in [2.45, 2.75) is 11.0 Å². The molecule has 0 spiro atoms. The number of hydrogen-bond donors (Lipinski definition) is 1. The van der Waals surface area contributed by atoms with Gasteiger partial charge in [-0.3, -0.25) is 0 Å². The van der Waals surface area contributed by atoms with Crippen LogP contribution < -0.4 is 0 Å². The molecule has 0 aliphatic heterocycles. The molecule has 0 amide bonds. The Bertz CT molecular complexity index is 406. The first kappa shape index (κ1) is 10.7. The van der Waals surface area contributed by atoms with Crippen LogP contribution >= 0.6 is 23.1 Å². The third kappa shape index (κ3) is 2.43. The van der Waals surface area contributed by atoms with Crippen molar-refractivity contribution < 1.29 is 5.11 Å². The summed E-state index contributed by atoms with van der Waals surface area (Å²) in [5.41, 5.74) is 0.954. The minimum atomic E-state index is -0.485. The first-order chi connectivity index (χ1) is 7.31. The van der Waals surface area contributed by atoms with Crippen molar-refractivity contribution in [3.05, 3.63) is 52.2 Å². The number of aliphatic hydroxyl groups is 1. The van der Waals surface area contributed by atoms with Gasteiger partial charge in [0.1, 0.15) is 6.10 Å². The van der Waals surface area contributed by atoms with Gasteiger partial charge in [0.15, 0.2) is 0 Å². The topological polar surface area (TPSA) is 20.2 Å². The Kier molecular flexibility index (Phi) is 3.46. The molecule has 1 N–H and O–H groups in total. The van der Waals surface area contributed by atoms with Gasteiger partial charge in [0.05, 0.1) is 0 Å². The highest BCUT2D eigenvalue weighted by molar-refractivity contribution is 7.98. The van der Waals surface area contributed by atoms with Crippen LogP contribution in [-0.2, 0) is 0 Å². The number of thiophene rings is 1. The fourth-order valence-electron chi connectivity index (χ4n) is 1.40. The molecule has 2 aromatic rings. The molecule has 1 atom stereocenters. The van der Waals surface area contributed by atoms with Gasteiger partial charge >= 0.3 is 0 Å². The van der Waals surface area contributed by atoms with E-state index in [9.17, 15) is 5.11 Å². The number of hydrogen-bond acceptors (Lipinski definition) is 3. The van der Waals surface area contributed by atoms with Crippen molar-refractivity contribution in [2.24, 2.45) is 0 Å². The Hall–Kier alpha value is -0.770. The van der Waals surface area contributed by atoms with Crippen LogP contribution in [0.2, 0.25) is 0 Å². The summed E-state index contributed by atoms with van der Waals surface area (Å²) < 4.78 is 0. The minimum Gasteiger partial charge on any atom is -0.383 e. The molecule has 0 saturated heterocycles. The maximum atomic E-state index is 10.0. The van der Waals surface area contributed by atoms with Crippen molar-refractivity contribution >= 4 is 23.1 Å². The van der Waals surface area contributed by atoms with Gasteiger partial charge in [0.2, 0.25) is 0 Å². The Labute approximate surface area is 97.8 Å². The van der Waals surface area contributed by atoms with E-state index in [4.69, 9.17) is 0 Å². The molecule has 1 heterocycles. The lowest BCUT2D eigenvalue weighted by molar-refractivity contribution is 0.224. The average Bonchev–Trinajstić information content (AvgIpc) is 2.82. The molecular weight excluding hydrogens is 224 g/mol. The van der Waals surface area contributed by atoms with Crippen LogP contribution in [0, 0.1) is 0 Å². The van der Waals surface area contributed by atoms with E-state index >= 15 is 0 Å². The normalized spacial score (nSPS) is 12.7.